The summed E-state index contributed by atoms with van der Waals surface area (Å²) in [4.78, 5) is 0. The fraction of sp³-hybridized carbons (Fsp3) is 1.00. The third-order valence-corrected chi connectivity index (χ3v) is 13.7. The van der Waals surface area contributed by atoms with Gasteiger partial charge in [0.05, 0.1) is 0 Å². The Morgan fingerprint density at radius 3 is 1.69 bits per heavy atom. The summed E-state index contributed by atoms with van der Waals surface area (Å²) < 4.78 is 2.96. The highest BCUT2D eigenvalue weighted by atomic mass is 28.4. The molecule has 0 radical (unpaired) electrons. The molecule has 1 aliphatic heterocycles. The summed E-state index contributed by atoms with van der Waals surface area (Å²) >= 11 is 0. The summed E-state index contributed by atoms with van der Waals surface area (Å²) in [5, 5.41) is 0. The van der Waals surface area contributed by atoms with E-state index < -0.39 is 16.5 Å². The maximum Gasteiger partial charge on any atom is 0.115 e. The molecule has 0 aromatic rings. The molecule has 13 heavy (non-hydrogen) atoms. The fourth-order valence-corrected chi connectivity index (χ4v) is 16.9. The van der Waals surface area contributed by atoms with Crippen molar-refractivity contribution in [2.75, 3.05) is 6.54 Å². The Bertz CT molecular complexity index is 171. The van der Waals surface area contributed by atoms with Gasteiger partial charge in [0.1, 0.15) is 16.5 Å². The number of hydrogen-bond donors (Lipinski definition) is 0. The molecule has 0 aliphatic carbocycles. The standard InChI is InChI=1S/C10H25NSi2/c1-10(2)9-11-12(3,4)7-8-13(11,5)6/h10H,7-9H2,1-6H3. The van der Waals surface area contributed by atoms with Crippen LogP contribution in [-0.2, 0) is 0 Å². The van der Waals surface area contributed by atoms with E-state index >= 15 is 0 Å². The van der Waals surface area contributed by atoms with Gasteiger partial charge in [0, 0.05) is 0 Å². The minimum atomic E-state index is -0.973. The van der Waals surface area contributed by atoms with Gasteiger partial charge in [-0.3, -0.25) is 0 Å². The minimum Gasteiger partial charge on any atom is -0.345 e. The first kappa shape index (κ1) is 11.5. The van der Waals surface area contributed by atoms with Crippen LogP contribution in [0.1, 0.15) is 13.8 Å². The zero-order chi connectivity index (χ0) is 10.3. The van der Waals surface area contributed by atoms with Crippen LogP contribution in [-0.4, -0.2) is 27.2 Å². The third kappa shape index (κ3) is 2.45. The van der Waals surface area contributed by atoms with E-state index in [4.69, 9.17) is 0 Å². The van der Waals surface area contributed by atoms with E-state index in [9.17, 15) is 0 Å². The van der Waals surface area contributed by atoms with Crippen LogP contribution >= 0.6 is 0 Å². The van der Waals surface area contributed by atoms with Gasteiger partial charge in [-0.15, -0.1) is 0 Å². The van der Waals surface area contributed by atoms with Gasteiger partial charge < -0.3 is 4.23 Å². The van der Waals surface area contributed by atoms with E-state index in [-0.39, 0.29) is 0 Å². The zero-order valence-electron chi connectivity index (χ0n) is 10.1. The van der Waals surface area contributed by atoms with Crippen LogP contribution < -0.4 is 0 Å². The molecule has 0 saturated carbocycles. The zero-order valence-corrected chi connectivity index (χ0v) is 12.1. The molecular formula is C10H25NSi2. The highest BCUT2D eigenvalue weighted by Gasteiger charge is 2.46. The fourth-order valence-electron chi connectivity index (χ4n) is 2.56. The SMILES string of the molecule is CC(C)CN1[Si](C)(C)CC[Si]1(C)C. The average molecular weight is 215 g/mol. The molecule has 0 atom stereocenters. The van der Waals surface area contributed by atoms with Crippen molar-refractivity contribution in [3.05, 3.63) is 0 Å². The Labute approximate surface area is 85.7 Å². The maximum absolute atomic E-state index is 2.96. The largest absolute Gasteiger partial charge is 0.345 e. The second kappa shape index (κ2) is 3.52. The Morgan fingerprint density at radius 1 is 1.00 bits per heavy atom. The predicted molar refractivity (Wildman–Crippen MR) is 66.1 cm³/mol. The van der Waals surface area contributed by atoms with Gasteiger partial charge >= 0.3 is 0 Å². The molecule has 3 heteroatoms. The van der Waals surface area contributed by atoms with Crippen LogP contribution in [0.15, 0.2) is 0 Å². The van der Waals surface area contributed by atoms with Gasteiger partial charge in [-0.05, 0) is 24.6 Å². The Hall–Kier alpha value is 0.394. The summed E-state index contributed by atoms with van der Waals surface area (Å²) in [6.45, 7) is 16.3. The van der Waals surface area contributed by atoms with Crippen molar-refractivity contribution in [3.63, 3.8) is 0 Å². The third-order valence-electron chi connectivity index (χ3n) is 3.36. The highest BCUT2D eigenvalue weighted by molar-refractivity contribution is 6.95. The molecule has 1 fully saturated rings. The molecule has 0 unspecified atom stereocenters. The van der Waals surface area contributed by atoms with Crippen LogP contribution in [0.3, 0.4) is 0 Å². The van der Waals surface area contributed by atoms with Gasteiger partial charge in [-0.25, -0.2) is 0 Å². The molecule has 1 rings (SSSR count). The first-order valence-electron chi connectivity index (χ1n) is 5.53. The van der Waals surface area contributed by atoms with E-state index in [1.54, 1.807) is 12.1 Å². The molecule has 0 N–H and O–H groups in total. The van der Waals surface area contributed by atoms with Crippen molar-refractivity contribution < 1.29 is 0 Å². The molecule has 1 aliphatic rings. The highest BCUT2D eigenvalue weighted by Crippen LogP contribution is 2.37. The van der Waals surface area contributed by atoms with Crippen molar-refractivity contribution in [1.29, 1.82) is 0 Å². The lowest BCUT2D eigenvalue weighted by molar-refractivity contribution is 0.500. The van der Waals surface area contributed by atoms with Crippen LogP contribution in [0.5, 0.6) is 0 Å². The van der Waals surface area contributed by atoms with E-state index in [0.29, 0.717) is 0 Å². The van der Waals surface area contributed by atoms with Gasteiger partial charge in [0.25, 0.3) is 0 Å². The van der Waals surface area contributed by atoms with Crippen molar-refractivity contribution in [2.45, 2.75) is 52.1 Å². The van der Waals surface area contributed by atoms with Crippen molar-refractivity contribution in [3.8, 4) is 0 Å². The van der Waals surface area contributed by atoms with Crippen molar-refractivity contribution in [1.82, 2.24) is 4.23 Å². The van der Waals surface area contributed by atoms with Gasteiger partial charge in [-0.1, -0.05) is 40.0 Å². The molecule has 1 heterocycles. The molecular weight excluding hydrogens is 190 g/mol. The molecule has 1 nitrogen and oxygen atoms in total. The normalized spacial score (nSPS) is 27.0. The lowest BCUT2D eigenvalue weighted by Crippen LogP contribution is -2.55. The maximum atomic E-state index is 2.96. The lowest BCUT2D eigenvalue weighted by atomic mass is 10.2. The van der Waals surface area contributed by atoms with Crippen molar-refractivity contribution >= 4 is 16.5 Å². The van der Waals surface area contributed by atoms with Gasteiger partial charge in [0.2, 0.25) is 0 Å². The monoisotopic (exact) mass is 215 g/mol. The first-order valence-corrected chi connectivity index (χ1v) is 11.8. The van der Waals surface area contributed by atoms with Crippen LogP contribution in [0, 0.1) is 5.92 Å². The smallest absolute Gasteiger partial charge is 0.115 e. The Morgan fingerprint density at radius 2 is 1.38 bits per heavy atom. The van der Waals surface area contributed by atoms with Gasteiger partial charge in [0.15, 0.2) is 0 Å². The molecule has 0 bridgehead atoms. The molecule has 78 valence electrons. The van der Waals surface area contributed by atoms with Crippen molar-refractivity contribution in [2.24, 2.45) is 5.92 Å². The molecule has 0 amide bonds. The topological polar surface area (TPSA) is 3.24 Å². The first-order chi connectivity index (χ1) is 5.76. The summed E-state index contributed by atoms with van der Waals surface area (Å²) in [7, 11) is -1.95. The summed E-state index contributed by atoms with van der Waals surface area (Å²) in [6, 6.07) is 3.08. The second-order valence-electron chi connectivity index (χ2n) is 6.13. The van der Waals surface area contributed by atoms with E-state index in [1.165, 1.54) is 6.54 Å². The number of rotatable bonds is 2. The van der Waals surface area contributed by atoms with E-state index in [1.807, 2.05) is 0 Å². The summed E-state index contributed by atoms with van der Waals surface area (Å²) in [5.74, 6) is 0.844. The molecule has 0 spiro atoms. The second-order valence-corrected chi connectivity index (χ2v) is 15.9. The van der Waals surface area contributed by atoms with E-state index in [2.05, 4.69) is 44.3 Å². The van der Waals surface area contributed by atoms with Crippen LogP contribution in [0.25, 0.3) is 0 Å². The quantitative estimate of drug-likeness (QED) is 0.639. The van der Waals surface area contributed by atoms with E-state index in [0.717, 1.165) is 5.92 Å². The molecule has 0 aromatic carbocycles. The summed E-state index contributed by atoms with van der Waals surface area (Å²) in [6.07, 6.45) is 0. The molecule has 0 aromatic heterocycles. The summed E-state index contributed by atoms with van der Waals surface area (Å²) in [5.41, 5.74) is 0. The van der Waals surface area contributed by atoms with Crippen LogP contribution in [0.2, 0.25) is 38.3 Å². The molecule has 1 saturated heterocycles. The number of hydrogen-bond acceptors (Lipinski definition) is 1. The van der Waals surface area contributed by atoms with Crippen LogP contribution in [0.4, 0.5) is 0 Å². The Balaban J connectivity index is 2.75. The predicted octanol–water partition coefficient (Wildman–Crippen LogP) is 3.37. The lowest BCUT2D eigenvalue weighted by Gasteiger charge is -2.40. The number of nitrogens with zero attached hydrogens (tertiary/aromatic N) is 1. The Kier molecular flexibility index (Phi) is 3.10. The average Bonchev–Trinajstić information content (AvgIpc) is 2.12. The minimum absolute atomic E-state index is 0.844. The van der Waals surface area contributed by atoms with Gasteiger partial charge in [-0.2, -0.15) is 0 Å².